The van der Waals surface area contributed by atoms with E-state index >= 15 is 0 Å². The molecule has 0 saturated heterocycles. The predicted octanol–water partition coefficient (Wildman–Crippen LogP) is 8.15. The summed E-state index contributed by atoms with van der Waals surface area (Å²) >= 11 is 5.26. The number of rotatable bonds is 4. The number of hydrogen-bond donors (Lipinski definition) is 0. The number of anilines is 2. The Labute approximate surface area is 239 Å². The van der Waals surface area contributed by atoms with Crippen molar-refractivity contribution in [2.75, 3.05) is 16.5 Å². The molecule has 0 radical (unpaired) electrons. The number of nitrogens with zero attached hydrogens (tertiary/aromatic N) is 5. The minimum atomic E-state index is 0.660. The van der Waals surface area contributed by atoms with E-state index in [4.69, 9.17) is 15.2 Å². The molecule has 7 heteroatoms. The number of nitriles is 1. The van der Waals surface area contributed by atoms with Crippen LogP contribution in [0.4, 0.5) is 17.1 Å². The number of benzene rings is 4. The monoisotopic (exact) mass is 587 g/mol. The van der Waals surface area contributed by atoms with Gasteiger partial charge in [0, 0.05) is 35.2 Å². The fourth-order valence-corrected chi connectivity index (χ4v) is 6.53. The van der Waals surface area contributed by atoms with Crippen molar-refractivity contribution in [3.05, 3.63) is 116 Å². The van der Waals surface area contributed by atoms with Gasteiger partial charge in [0.1, 0.15) is 5.01 Å². The van der Waals surface area contributed by atoms with Crippen molar-refractivity contribution in [2.45, 2.75) is 13.1 Å². The third-order valence-electron chi connectivity index (χ3n) is 7.10. The molecule has 0 saturated carbocycles. The van der Waals surface area contributed by atoms with Gasteiger partial charge in [-0.25, -0.2) is 4.98 Å². The van der Waals surface area contributed by atoms with Crippen LogP contribution in [0.3, 0.4) is 0 Å². The van der Waals surface area contributed by atoms with E-state index < -0.39 is 0 Å². The smallest absolute Gasteiger partial charge is 0.117 e. The quantitative estimate of drug-likeness (QED) is 0.199. The summed E-state index contributed by atoms with van der Waals surface area (Å²) in [7, 11) is 0. The van der Waals surface area contributed by atoms with Gasteiger partial charge in [0.2, 0.25) is 0 Å². The highest BCUT2D eigenvalue weighted by Gasteiger charge is 2.29. The first kappa shape index (κ1) is 23.8. The lowest BCUT2D eigenvalue weighted by Gasteiger charge is -2.44. The van der Waals surface area contributed by atoms with E-state index in [-0.39, 0.29) is 0 Å². The number of aliphatic imine (C=N–C) groups is 1. The van der Waals surface area contributed by atoms with E-state index in [1.54, 1.807) is 11.3 Å². The maximum absolute atomic E-state index is 8.97. The highest BCUT2D eigenvalue weighted by Crippen LogP contribution is 2.39. The second kappa shape index (κ2) is 9.81. The van der Waals surface area contributed by atoms with E-state index in [9.17, 15) is 0 Å². The van der Waals surface area contributed by atoms with Gasteiger partial charge >= 0.3 is 0 Å². The Hall–Kier alpha value is -4.25. The Morgan fingerprint density at radius 2 is 1.59 bits per heavy atom. The van der Waals surface area contributed by atoms with E-state index in [1.807, 2.05) is 54.8 Å². The number of thiazole rings is 1. The fourth-order valence-electron chi connectivity index (χ4n) is 5.22. The first-order valence-electron chi connectivity index (χ1n) is 12.7. The van der Waals surface area contributed by atoms with Crippen LogP contribution in [0.15, 0.2) is 88.3 Å². The predicted molar refractivity (Wildman–Crippen MR) is 165 cm³/mol. The molecule has 0 spiro atoms. The summed E-state index contributed by atoms with van der Waals surface area (Å²) in [6.45, 7) is 2.74. The lowest BCUT2D eigenvalue weighted by atomic mass is 10.0. The zero-order chi connectivity index (χ0) is 26.3. The van der Waals surface area contributed by atoms with Crippen LogP contribution in [0.2, 0.25) is 0 Å². The van der Waals surface area contributed by atoms with Crippen LogP contribution in [0.1, 0.15) is 32.8 Å². The molecule has 5 aromatic rings. The van der Waals surface area contributed by atoms with Crippen molar-refractivity contribution >= 4 is 72.9 Å². The van der Waals surface area contributed by atoms with Crippen molar-refractivity contribution in [1.82, 2.24) is 4.98 Å². The minimum Gasteiger partial charge on any atom is -0.349 e. The molecule has 0 aliphatic carbocycles. The molecule has 39 heavy (non-hydrogen) atoms. The van der Waals surface area contributed by atoms with Gasteiger partial charge in [0.05, 0.1) is 34.2 Å². The molecule has 1 aromatic heterocycles. The molecule has 3 heterocycles. The van der Waals surface area contributed by atoms with Gasteiger partial charge in [-0.3, -0.25) is 4.99 Å². The van der Waals surface area contributed by atoms with Crippen LogP contribution >= 0.6 is 27.3 Å². The average Bonchev–Trinajstić information content (AvgIpc) is 3.37. The zero-order valence-corrected chi connectivity index (χ0v) is 23.3. The highest BCUT2D eigenvalue weighted by molar-refractivity contribution is 9.10. The van der Waals surface area contributed by atoms with Crippen molar-refractivity contribution in [2.24, 2.45) is 4.99 Å². The van der Waals surface area contributed by atoms with Crippen molar-refractivity contribution in [3.8, 4) is 6.07 Å². The van der Waals surface area contributed by atoms with E-state index in [0.717, 1.165) is 56.3 Å². The molecule has 0 amide bonds. The summed E-state index contributed by atoms with van der Waals surface area (Å²) in [6, 6.07) is 29.0. The summed E-state index contributed by atoms with van der Waals surface area (Å²) in [5.41, 5.74) is 10.00. The Morgan fingerprint density at radius 3 is 2.38 bits per heavy atom. The van der Waals surface area contributed by atoms with Crippen molar-refractivity contribution in [1.29, 1.82) is 5.26 Å². The molecule has 0 N–H and O–H groups in total. The standard InChI is InChI=1S/C32H22BrN5S/c33-26-7-11-30-25(14-26)19-38-20-37(30)18-24-13-23(5-10-29(24)38)17-35-27-8-9-28-31(15-27)39-32(36-28)12-6-21-1-3-22(16-34)4-2-21/h1-15,17H,18-20H2/b12-6+,35-17+. The number of hydrogen-bond acceptors (Lipinski definition) is 6. The van der Waals surface area contributed by atoms with Crippen LogP contribution in [0, 0.1) is 11.3 Å². The second-order valence-corrected chi connectivity index (χ2v) is 11.7. The average molecular weight is 589 g/mol. The SMILES string of the molecule is N#Cc1ccc(/C=C/c2nc3ccc(/N=C/c4ccc5c(c4)CN4CN5Cc5cc(Br)ccc54)cc3s2)cc1. The molecule has 0 atom stereocenters. The second-order valence-electron chi connectivity index (χ2n) is 9.73. The molecule has 0 unspecified atom stereocenters. The molecule has 7 rings (SSSR count). The number of aromatic nitrogens is 1. The highest BCUT2D eigenvalue weighted by atomic mass is 79.9. The Morgan fingerprint density at radius 1 is 0.846 bits per heavy atom. The van der Waals surface area contributed by atoms with Crippen LogP contribution in [-0.2, 0) is 13.1 Å². The van der Waals surface area contributed by atoms with Crippen LogP contribution in [-0.4, -0.2) is 17.9 Å². The van der Waals surface area contributed by atoms with E-state index in [0.29, 0.717) is 5.56 Å². The van der Waals surface area contributed by atoms with Crippen molar-refractivity contribution < 1.29 is 0 Å². The molecule has 0 fully saturated rings. The third-order valence-corrected chi connectivity index (χ3v) is 8.58. The summed E-state index contributed by atoms with van der Waals surface area (Å²) in [4.78, 5) is 14.4. The van der Waals surface area contributed by atoms with Crippen LogP contribution in [0.25, 0.3) is 22.4 Å². The van der Waals surface area contributed by atoms with Crippen LogP contribution in [0.5, 0.6) is 0 Å². The maximum Gasteiger partial charge on any atom is 0.117 e. The lowest BCUT2D eigenvalue weighted by Crippen LogP contribution is -2.46. The van der Waals surface area contributed by atoms with Crippen molar-refractivity contribution in [3.63, 3.8) is 0 Å². The van der Waals surface area contributed by atoms with E-state index in [2.05, 4.69) is 74.3 Å². The van der Waals surface area contributed by atoms with E-state index in [1.165, 1.54) is 22.5 Å². The fraction of sp³-hybridized carbons (Fsp3) is 0.0938. The molecular weight excluding hydrogens is 566 g/mol. The third kappa shape index (κ3) is 4.74. The first-order valence-corrected chi connectivity index (χ1v) is 14.3. The molecule has 2 aliphatic heterocycles. The van der Waals surface area contributed by atoms with Gasteiger partial charge < -0.3 is 9.80 Å². The topological polar surface area (TPSA) is 55.5 Å². The molecule has 2 aliphatic rings. The largest absolute Gasteiger partial charge is 0.349 e. The van der Waals surface area contributed by atoms with Gasteiger partial charge in [-0.05, 0) is 89.0 Å². The van der Waals surface area contributed by atoms with Gasteiger partial charge in [-0.2, -0.15) is 5.26 Å². The Kier molecular flexibility index (Phi) is 5.99. The molecule has 4 aromatic carbocycles. The summed E-state index contributed by atoms with van der Waals surface area (Å²) in [5.74, 6) is 0. The lowest BCUT2D eigenvalue weighted by molar-refractivity contribution is 0.650. The first-order chi connectivity index (χ1) is 19.1. The maximum atomic E-state index is 8.97. The zero-order valence-electron chi connectivity index (χ0n) is 20.9. The van der Waals surface area contributed by atoms with Crippen LogP contribution < -0.4 is 9.80 Å². The summed E-state index contributed by atoms with van der Waals surface area (Å²) < 4.78 is 2.23. The summed E-state index contributed by atoms with van der Waals surface area (Å²) in [5, 5.41) is 9.91. The van der Waals surface area contributed by atoms with Gasteiger partial charge in [0.25, 0.3) is 0 Å². The molecule has 2 bridgehead atoms. The minimum absolute atomic E-state index is 0.660. The number of fused-ring (bicyclic) bond motifs is 7. The van der Waals surface area contributed by atoms with Gasteiger partial charge in [0.15, 0.2) is 0 Å². The normalized spacial score (nSPS) is 14.2. The Bertz CT molecular complexity index is 1830. The molecule has 188 valence electrons. The molecular formula is C32H22BrN5S. The molecule has 5 nitrogen and oxygen atoms in total. The Balaban J connectivity index is 1.09. The summed E-state index contributed by atoms with van der Waals surface area (Å²) in [6.07, 6.45) is 5.99. The van der Waals surface area contributed by atoms with Gasteiger partial charge in [-0.15, -0.1) is 11.3 Å². The number of halogens is 1. The van der Waals surface area contributed by atoms with Gasteiger partial charge in [-0.1, -0.05) is 40.2 Å².